The summed E-state index contributed by atoms with van der Waals surface area (Å²) in [5, 5.41) is 13.6. The lowest BCUT2D eigenvalue weighted by atomic mass is 10.2. The van der Waals surface area contributed by atoms with Gasteiger partial charge in [-0.3, -0.25) is 0 Å². The SMILES string of the molecule is Oc1c2ccoc2cc2ccsc12. The molecule has 0 atom stereocenters. The van der Waals surface area contributed by atoms with Crippen LogP contribution in [0.1, 0.15) is 0 Å². The van der Waals surface area contributed by atoms with Gasteiger partial charge in [0, 0.05) is 0 Å². The van der Waals surface area contributed by atoms with Gasteiger partial charge >= 0.3 is 0 Å². The lowest BCUT2D eigenvalue weighted by Gasteiger charge is -1.95. The summed E-state index contributed by atoms with van der Waals surface area (Å²) in [4.78, 5) is 0. The molecular formula is C10H6O2S. The van der Waals surface area contributed by atoms with E-state index >= 15 is 0 Å². The maximum atomic E-state index is 9.84. The number of phenolic OH excluding ortho intramolecular Hbond substituents is 1. The van der Waals surface area contributed by atoms with Gasteiger partial charge in [-0.15, -0.1) is 11.3 Å². The van der Waals surface area contributed by atoms with E-state index < -0.39 is 0 Å². The van der Waals surface area contributed by atoms with Crippen LogP contribution in [-0.4, -0.2) is 5.11 Å². The zero-order valence-electron chi connectivity index (χ0n) is 6.65. The molecule has 3 heteroatoms. The predicted octanol–water partition coefficient (Wildman–Crippen LogP) is 3.35. The van der Waals surface area contributed by atoms with Gasteiger partial charge in [0.1, 0.15) is 11.3 Å². The third kappa shape index (κ3) is 0.820. The minimum atomic E-state index is 0.330. The minimum absolute atomic E-state index is 0.330. The summed E-state index contributed by atoms with van der Waals surface area (Å²) in [5.41, 5.74) is 0.739. The molecule has 1 aromatic carbocycles. The smallest absolute Gasteiger partial charge is 0.144 e. The lowest BCUT2D eigenvalue weighted by Crippen LogP contribution is -1.68. The Morgan fingerprint density at radius 1 is 1.31 bits per heavy atom. The molecule has 0 bridgehead atoms. The van der Waals surface area contributed by atoms with Gasteiger partial charge < -0.3 is 9.52 Å². The van der Waals surface area contributed by atoms with Gasteiger partial charge in [-0.1, -0.05) is 0 Å². The van der Waals surface area contributed by atoms with Gasteiger partial charge in [-0.25, -0.2) is 0 Å². The molecule has 0 saturated carbocycles. The van der Waals surface area contributed by atoms with Crippen molar-refractivity contribution in [2.75, 3.05) is 0 Å². The molecule has 1 N–H and O–H groups in total. The Bertz CT molecular complexity index is 528. The quantitative estimate of drug-likeness (QED) is 0.589. The molecule has 3 aromatic rings. The molecule has 2 aromatic heterocycles. The van der Waals surface area contributed by atoms with Gasteiger partial charge in [0.2, 0.25) is 0 Å². The molecule has 0 radical (unpaired) electrons. The number of aromatic hydroxyl groups is 1. The fraction of sp³-hybridized carbons (Fsp3) is 0. The van der Waals surface area contributed by atoms with E-state index in [1.807, 2.05) is 17.5 Å². The molecule has 2 nitrogen and oxygen atoms in total. The van der Waals surface area contributed by atoms with Gasteiger partial charge in [0.05, 0.1) is 16.3 Å². The zero-order chi connectivity index (χ0) is 8.84. The summed E-state index contributed by atoms with van der Waals surface area (Å²) in [5.74, 6) is 0.330. The first-order valence-corrected chi connectivity index (χ1v) is 4.80. The average molecular weight is 190 g/mol. The fourth-order valence-corrected chi connectivity index (χ4v) is 2.35. The largest absolute Gasteiger partial charge is 0.506 e. The highest BCUT2D eigenvalue weighted by Gasteiger charge is 2.08. The van der Waals surface area contributed by atoms with Gasteiger partial charge in [-0.05, 0) is 29.0 Å². The first-order valence-electron chi connectivity index (χ1n) is 3.92. The van der Waals surface area contributed by atoms with Crippen molar-refractivity contribution in [3.05, 3.63) is 29.8 Å². The molecule has 0 saturated heterocycles. The molecule has 13 heavy (non-hydrogen) atoms. The molecule has 0 spiro atoms. The minimum Gasteiger partial charge on any atom is -0.506 e. The standard InChI is InChI=1S/C10H6O2S/c11-9-7-1-3-12-8(7)5-6-2-4-13-10(6)9/h1-5,11H. The summed E-state index contributed by atoms with van der Waals surface area (Å²) in [6.45, 7) is 0. The van der Waals surface area contributed by atoms with Crippen LogP contribution in [0.25, 0.3) is 21.1 Å². The Morgan fingerprint density at radius 3 is 3.15 bits per heavy atom. The highest BCUT2D eigenvalue weighted by Crippen LogP contribution is 2.37. The normalized spacial score (nSPS) is 11.4. The van der Waals surface area contributed by atoms with Crippen LogP contribution in [0.3, 0.4) is 0 Å². The lowest BCUT2D eigenvalue weighted by molar-refractivity contribution is 0.488. The van der Waals surface area contributed by atoms with E-state index in [0.717, 1.165) is 21.1 Å². The van der Waals surface area contributed by atoms with E-state index in [4.69, 9.17) is 4.42 Å². The molecule has 0 aliphatic heterocycles. The molecule has 0 aliphatic rings. The monoisotopic (exact) mass is 190 g/mol. The topological polar surface area (TPSA) is 33.4 Å². The first-order chi connectivity index (χ1) is 6.36. The highest BCUT2D eigenvalue weighted by atomic mass is 32.1. The maximum absolute atomic E-state index is 9.84. The average Bonchev–Trinajstić information content (AvgIpc) is 2.71. The van der Waals surface area contributed by atoms with Crippen LogP contribution in [-0.2, 0) is 0 Å². The fourth-order valence-electron chi connectivity index (χ4n) is 1.52. The Hall–Kier alpha value is -1.48. The Balaban J connectivity index is 2.67. The third-order valence-corrected chi connectivity index (χ3v) is 3.08. The van der Waals surface area contributed by atoms with Crippen LogP contribution >= 0.6 is 11.3 Å². The van der Waals surface area contributed by atoms with Gasteiger partial charge in [0.15, 0.2) is 0 Å². The van der Waals surface area contributed by atoms with E-state index in [-0.39, 0.29) is 0 Å². The summed E-state index contributed by atoms with van der Waals surface area (Å²) in [6.07, 6.45) is 1.59. The van der Waals surface area contributed by atoms with Crippen LogP contribution in [0.2, 0.25) is 0 Å². The summed E-state index contributed by atoms with van der Waals surface area (Å²) in [6, 6.07) is 5.70. The molecule has 64 valence electrons. The van der Waals surface area contributed by atoms with E-state index in [1.165, 1.54) is 0 Å². The number of furan rings is 1. The number of hydrogen-bond donors (Lipinski definition) is 1. The molecular weight excluding hydrogens is 184 g/mol. The Labute approximate surface area is 78.0 Å². The van der Waals surface area contributed by atoms with E-state index in [1.54, 1.807) is 23.7 Å². The van der Waals surface area contributed by atoms with Crippen molar-refractivity contribution < 1.29 is 9.52 Å². The number of benzene rings is 1. The van der Waals surface area contributed by atoms with E-state index in [9.17, 15) is 5.11 Å². The number of hydrogen-bond acceptors (Lipinski definition) is 3. The first kappa shape index (κ1) is 6.97. The second-order valence-electron chi connectivity index (χ2n) is 2.90. The number of phenols is 1. The van der Waals surface area contributed by atoms with Crippen LogP contribution in [0.4, 0.5) is 0 Å². The summed E-state index contributed by atoms with van der Waals surface area (Å²) < 4.78 is 6.15. The molecule has 2 heterocycles. The second-order valence-corrected chi connectivity index (χ2v) is 3.81. The molecule has 0 fully saturated rings. The molecule has 0 aliphatic carbocycles. The van der Waals surface area contributed by atoms with Crippen molar-refractivity contribution in [2.24, 2.45) is 0 Å². The molecule has 3 rings (SSSR count). The van der Waals surface area contributed by atoms with Crippen LogP contribution in [0.15, 0.2) is 34.3 Å². The molecule has 0 amide bonds. The van der Waals surface area contributed by atoms with E-state index in [0.29, 0.717) is 5.75 Å². The molecule has 0 unspecified atom stereocenters. The van der Waals surface area contributed by atoms with Crippen molar-refractivity contribution >= 4 is 32.4 Å². The zero-order valence-corrected chi connectivity index (χ0v) is 7.47. The summed E-state index contributed by atoms with van der Waals surface area (Å²) >= 11 is 1.54. The number of fused-ring (bicyclic) bond motifs is 2. The summed E-state index contributed by atoms with van der Waals surface area (Å²) in [7, 11) is 0. The van der Waals surface area contributed by atoms with Gasteiger partial charge in [-0.2, -0.15) is 0 Å². The van der Waals surface area contributed by atoms with Gasteiger partial charge in [0.25, 0.3) is 0 Å². The predicted molar refractivity (Wildman–Crippen MR) is 53.3 cm³/mol. The van der Waals surface area contributed by atoms with Crippen molar-refractivity contribution in [1.29, 1.82) is 0 Å². The van der Waals surface area contributed by atoms with Crippen LogP contribution in [0, 0.1) is 0 Å². The maximum Gasteiger partial charge on any atom is 0.144 e. The van der Waals surface area contributed by atoms with Crippen molar-refractivity contribution in [2.45, 2.75) is 0 Å². The second kappa shape index (κ2) is 2.26. The van der Waals surface area contributed by atoms with Crippen molar-refractivity contribution in [3.63, 3.8) is 0 Å². The highest BCUT2D eigenvalue weighted by molar-refractivity contribution is 7.17. The number of thiophene rings is 1. The number of rotatable bonds is 0. The van der Waals surface area contributed by atoms with Crippen LogP contribution < -0.4 is 0 Å². The Kier molecular flexibility index (Phi) is 1.21. The Morgan fingerprint density at radius 2 is 2.23 bits per heavy atom. The van der Waals surface area contributed by atoms with Crippen molar-refractivity contribution in [1.82, 2.24) is 0 Å². The van der Waals surface area contributed by atoms with Crippen LogP contribution in [0.5, 0.6) is 5.75 Å². The van der Waals surface area contributed by atoms with E-state index in [2.05, 4.69) is 0 Å². The van der Waals surface area contributed by atoms with Crippen molar-refractivity contribution in [3.8, 4) is 5.75 Å². The third-order valence-electron chi connectivity index (χ3n) is 2.15.